The van der Waals surface area contributed by atoms with Crippen LogP contribution in [-0.4, -0.2) is 50.3 Å². The molecular formula is C11H20N6. The summed E-state index contributed by atoms with van der Waals surface area (Å²) in [7, 11) is 1.81. The van der Waals surface area contributed by atoms with Gasteiger partial charge in [-0.15, -0.1) is 10.2 Å². The van der Waals surface area contributed by atoms with E-state index in [-0.39, 0.29) is 0 Å². The number of rotatable bonds is 2. The molecule has 1 aromatic heterocycles. The van der Waals surface area contributed by atoms with Gasteiger partial charge in [-0.2, -0.15) is 4.80 Å². The van der Waals surface area contributed by atoms with Crippen molar-refractivity contribution in [1.29, 1.82) is 0 Å². The van der Waals surface area contributed by atoms with Crippen LogP contribution in [0, 0.1) is 0 Å². The molecule has 1 N–H and O–H groups in total. The minimum atomic E-state index is 0.375. The van der Waals surface area contributed by atoms with E-state index in [4.69, 9.17) is 0 Å². The van der Waals surface area contributed by atoms with Gasteiger partial charge in [0.2, 0.25) is 0 Å². The van der Waals surface area contributed by atoms with Crippen LogP contribution in [0.1, 0.15) is 31.5 Å². The van der Waals surface area contributed by atoms with E-state index in [2.05, 4.69) is 25.6 Å². The molecule has 94 valence electrons. The quantitative estimate of drug-likeness (QED) is 0.779. The molecule has 0 aromatic carbocycles. The first-order chi connectivity index (χ1) is 8.26. The average molecular weight is 236 g/mol. The summed E-state index contributed by atoms with van der Waals surface area (Å²) in [6.45, 7) is 4.13. The highest BCUT2D eigenvalue weighted by Crippen LogP contribution is 2.32. The zero-order chi connectivity index (χ0) is 11.7. The SMILES string of the molecule is Cn1nnc(CN2CCNC3(CCCC3)C2)n1. The Bertz CT molecular complexity index is 381. The Morgan fingerprint density at radius 2 is 2.18 bits per heavy atom. The molecule has 17 heavy (non-hydrogen) atoms. The molecule has 1 aliphatic carbocycles. The molecule has 1 saturated heterocycles. The predicted molar refractivity (Wildman–Crippen MR) is 63.3 cm³/mol. The molecule has 0 bridgehead atoms. The Morgan fingerprint density at radius 3 is 2.88 bits per heavy atom. The van der Waals surface area contributed by atoms with Crippen LogP contribution in [0.4, 0.5) is 0 Å². The Balaban J connectivity index is 1.64. The van der Waals surface area contributed by atoms with E-state index in [0.29, 0.717) is 5.54 Å². The van der Waals surface area contributed by atoms with Gasteiger partial charge in [0.15, 0.2) is 5.82 Å². The van der Waals surface area contributed by atoms with E-state index in [1.54, 1.807) is 0 Å². The molecule has 6 heteroatoms. The number of hydrogen-bond donors (Lipinski definition) is 1. The lowest BCUT2D eigenvalue weighted by Crippen LogP contribution is -2.58. The largest absolute Gasteiger partial charge is 0.309 e. The van der Waals surface area contributed by atoms with Crippen LogP contribution in [0.5, 0.6) is 0 Å². The minimum Gasteiger partial charge on any atom is -0.309 e. The minimum absolute atomic E-state index is 0.375. The first-order valence-electron chi connectivity index (χ1n) is 6.46. The third-order valence-corrected chi connectivity index (χ3v) is 3.93. The van der Waals surface area contributed by atoms with E-state index in [0.717, 1.165) is 32.0 Å². The molecule has 6 nitrogen and oxygen atoms in total. The molecule has 3 rings (SSSR count). The standard InChI is InChI=1S/C11H20N6/c1-16-14-10(13-15-16)8-17-7-6-12-11(9-17)4-2-3-5-11/h12H,2-9H2,1H3. The van der Waals surface area contributed by atoms with Gasteiger partial charge in [-0.05, 0) is 18.1 Å². The summed E-state index contributed by atoms with van der Waals surface area (Å²) < 4.78 is 0. The maximum atomic E-state index is 4.25. The smallest absolute Gasteiger partial charge is 0.188 e. The molecule has 1 aliphatic heterocycles. The maximum absolute atomic E-state index is 4.25. The van der Waals surface area contributed by atoms with Crippen molar-refractivity contribution in [2.45, 2.75) is 37.8 Å². The monoisotopic (exact) mass is 236 g/mol. The summed E-state index contributed by atoms with van der Waals surface area (Å²) in [5.74, 6) is 0.836. The summed E-state index contributed by atoms with van der Waals surface area (Å²) in [6.07, 6.45) is 5.36. The third kappa shape index (κ3) is 2.32. The fourth-order valence-corrected chi connectivity index (χ4v) is 3.15. The van der Waals surface area contributed by atoms with Crippen LogP contribution in [0.3, 0.4) is 0 Å². The highest BCUT2D eigenvalue weighted by atomic mass is 15.6. The van der Waals surface area contributed by atoms with Gasteiger partial charge in [-0.1, -0.05) is 12.8 Å². The maximum Gasteiger partial charge on any atom is 0.188 e. The van der Waals surface area contributed by atoms with E-state index in [1.165, 1.54) is 30.5 Å². The van der Waals surface area contributed by atoms with Gasteiger partial charge in [0.25, 0.3) is 0 Å². The van der Waals surface area contributed by atoms with Crippen LogP contribution in [-0.2, 0) is 13.6 Å². The molecule has 2 heterocycles. The van der Waals surface area contributed by atoms with Crippen LogP contribution in [0.25, 0.3) is 0 Å². The molecule has 0 unspecified atom stereocenters. The first-order valence-corrected chi connectivity index (χ1v) is 6.46. The molecule has 0 radical (unpaired) electrons. The number of nitrogens with zero attached hydrogens (tertiary/aromatic N) is 5. The topological polar surface area (TPSA) is 58.9 Å². The fraction of sp³-hybridized carbons (Fsp3) is 0.909. The second-order valence-electron chi connectivity index (χ2n) is 5.32. The number of aromatic nitrogens is 4. The van der Waals surface area contributed by atoms with Gasteiger partial charge >= 0.3 is 0 Å². The predicted octanol–water partition coefficient (Wildman–Crippen LogP) is -0.0719. The average Bonchev–Trinajstić information content (AvgIpc) is 2.89. The van der Waals surface area contributed by atoms with Gasteiger partial charge in [0, 0.05) is 25.2 Å². The molecule has 0 amide bonds. The lowest BCUT2D eigenvalue weighted by Gasteiger charge is -2.41. The molecule has 1 spiro atoms. The van der Waals surface area contributed by atoms with Gasteiger partial charge in [-0.3, -0.25) is 4.90 Å². The summed E-state index contributed by atoms with van der Waals surface area (Å²) in [5, 5.41) is 15.9. The van der Waals surface area contributed by atoms with Gasteiger partial charge in [0.05, 0.1) is 13.6 Å². The Morgan fingerprint density at radius 1 is 1.35 bits per heavy atom. The van der Waals surface area contributed by atoms with Crippen molar-refractivity contribution in [3.63, 3.8) is 0 Å². The van der Waals surface area contributed by atoms with E-state index in [9.17, 15) is 0 Å². The summed E-state index contributed by atoms with van der Waals surface area (Å²) >= 11 is 0. The zero-order valence-corrected chi connectivity index (χ0v) is 10.4. The Labute approximate surface area is 101 Å². The zero-order valence-electron chi connectivity index (χ0n) is 10.4. The summed E-state index contributed by atoms with van der Waals surface area (Å²) in [6, 6.07) is 0. The lowest BCUT2D eigenvalue weighted by atomic mass is 9.94. The number of aryl methyl sites for hydroxylation is 1. The van der Waals surface area contributed by atoms with E-state index >= 15 is 0 Å². The second kappa shape index (κ2) is 4.34. The molecule has 1 aromatic rings. The van der Waals surface area contributed by atoms with Gasteiger partial charge < -0.3 is 5.32 Å². The molecule has 0 atom stereocenters. The normalized spacial score (nSPS) is 24.5. The highest BCUT2D eigenvalue weighted by molar-refractivity contribution is 4.98. The van der Waals surface area contributed by atoms with Crippen LogP contribution in [0.2, 0.25) is 0 Å². The highest BCUT2D eigenvalue weighted by Gasteiger charge is 2.37. The van der Waals surface area contributed by atoms with Crippen molar-refractivity contribution >= 4 is 0 Å². The van der Waals surface area contributed by atoms with Crippen molar-refractivity contribution < 1.29 is 0 Å². The Kier molecular flexibility index (Phi) is 2.84. The second-order valence-corrected chi connectivity index (χ2v) is 5.32. The van der Waals surface area contributed by atoms with Crippen LogP contribution >= 0.6 is 0 Å². The lowest BCUT2D eigenvalue weighted by molar-refractivity contribution is 0.126. The van der Waals surface area contributed by atoms with E-state index < -0.39 is 0 Å². The van der Waals surface area contributed by atoms with Crippen molar-refractivity contribution in [2.24, 2.45) is 7.05 Å². The summed E-state index contributed by atoms with van der Waals surface area (Å²) in [5.41, 5.74) is 0.375. The van der Waals surface area contributed by atoms with Gasteiger partial charge in [0.1, 0.15) is 0 Å². The fourth-order valence-electron chi connectivity index (χ4n) is 3.15. The molecule has 2 fully saturated rings. The van der Waals surface area contributed by atoms with Crippen molar-refractivity contribution in [1.82, 2.24) is 30.4 Å². The number of tetrazole rings is 1. The summed E-state index contributed by atoms with van der Waals surface area (Å²) in [4.78, 5) is 3.99. The molecule has 1 saturated carbocycles. The number of nitrogens with one attached hydrogen (secondary N) is 1. The van der Waals surface area contributed by atoms with Crippen molar-refractivity contribution in [3.8, 4) is 0 Å². The third-order valence-electron chi connectivity index (χ3n) is 3.93. The van der Waals surface area contributed by atoms with Gasteiger partial charge in [-0.25, -0.2) is 0 Å². The van der Waals surface area contributed by atoms with E-state index in [1.807, 2.05) is 7.05 Å². The first kappa shape index (κ1) is 11.1. The van der Waals surface area contributed by atoms with Crippen LogP contribution < -0.4 is 5.32 Å². The van der Waals surface area contributed by atoms with Crippen molar-refractivity contribution in [2.75, 3.05) is 19.6 Å². The number of hydrogen-bond acceptors (Lipinski definition) is 5. The van der Waals surface area contributed by atoms with Crippen LogP contribution in [0.15, 0.2) is 0 Å². The Hall–Kier alpha value is -1.01. The molecular weight excluding hydrogens is 216 g/mol. The molecule has 2 aliphatic rings. The number of piperazine rings is 1. The van der Waals surface area contributed by atoms with Crippen molar-refractivity contribution in [3.05, 3.63) is 5.82 Å².